The standard InChI is InChI=1S/C17H22N2O6S/c1-11-7-8-13(26(18,23)24)9-14(11)17(22)25-10-15(20)19-16(21)12-5-3-2-4-6-12/h7-9,12H,2-6,10H2,1H3,(H2,18,23,24)(H,19,20,21). The molecule has 0 atom stereocenters. The van der Waals surface area contributed by atoms with Gasteiger partial charge in [-0.05, 0) is 37.5 Å². The van der Waals surface area contributed by atoms with Crippen LogP contribution in [0, 0.1) is 12.8 Å². The summed E-state index contributed by atoms with van der Waals surface area (Å²) >= 11 is 0. The summed E-state index contributed by atoms with van der Waals surface area (Å²) in [5.74, 6) is -2.11. The molecule has 2 amide bonds. The van der Waals surface area contributed by atoms with Gasteiger partial charge in [0, 0.05) is 5.92 Å². The molecule has 142 valence electrons. The fraction of sp³-hybridized carbons (Fsp3) is 0.471. The number of sulfonamides is 1. The van der Waals surface area contributed by atoms with E-state index in [1.54, 1.807) is 6.92 Å². The molecule has 0 bridgehead atoms. The number of benzene rings is 1. The average molecular weight is 382 g/mol. The van der Waals surface area contributed by atoms with Crippen molar-refractivity contribution in [2.24, 2.45) is 11.1 Å². The topological polar surface area (TPSA) is 133 Å². The Kier molecular flexibility index (Phi) is 6.49. The molecule has 0 heterocycles. The van der Waals surface area contributed by atoms with Crippen LogP contribution in [0.2, 0.25) is 0 Å². The summed E-state index contributed by atoms with van der Waals surface area (Å²) in [6.45, 7) is 0.965. The van der Waals surface area contributed by atoms with Gasteiger partial charge in [-0.3, -0.25) is 14.9 Å². The first-order valence-corrected chi connectivity index (χ1v) is 9.87. The van der Waals surface area contributed by atoms with Crippen LogP contribution in [0.25, 0.3) is 0 Å². The zero-order valence-corrected chi connectivity index (χ0v) is 15.3. The van der Waals surface area contributed by atoms with Crippen LogP contribution < -0.4 is 10.5 Å². The van der Waals surface area contributed by atoms with E-state index in [-0.39, 0.29) is 22.3 Å². The van der Waals surface area contributed by atoms with E-state index >= 15 is 0 Å². The van der Waals surface area contributed by atoms with Gasteiger partial charge in [0.2, 0.25) is 15.9 Å². The van der Waals surface area contributed by atoms with Crippen LogP contribution in [0.15, 0.2) is 23.1 Å². The minimum atomic E-state index is -3.97. The van der Waals surface area contributed by atoms with Gasteiger partial charge in [-0.1, -0.05) is 25.3 Å². The van der Waals surface area contributed by atoms with Gasteiger partial charge in [0.1, 0.15) is 0 Å². The molecule has 8 nitrogen and oxygen atoms in total. The number of aryl methyl sites for hydroxylation is 1. The van der Waals surface area contributed by atoms with Crippen molar-refractivity contribution in [3.8, 4) is 0 Å². The summed E-state index contributed by atoms with van der Waals surface area (Å²) in [6.07, 6.45) is 4.50. The Morgan fingerprint density at radius 2 is 1.85 bits per heavy atom. The minimum absolute atomic E-state index is 0.0112. The molecule has 0 spiro atoms. The van der Waals surface area contributed by atoms with E-state index in [9.17, 15) is 22.8 Å². The minimum Gasteiger partial charge on any atom is -0.452 e. The lowest BCUT2D eigenvalue weighted by Gasteiger charge is -2.20. The fourth-order valence-electron chi connectivity index (χ4n) is 2.85. The zero-order valence-electron chi connectivity index (χ0n) is 14.5. The maximum atomic E-state index is 12.1. The van der Waals surface area contributed by atoms with Crippen molar-refractivity contribution in [2.45, 2.75) is 43.9 Å². The number of esters is 1. The first-order valence-electron chi connectivity index (χ1n) is 8.33. The third kappa shape index (κ3) is 5.37. The fourth-order valence-corrected chi connectivity index (χ4v) is 3.39. The lowest BCUT2D eigenvalue weighted by Crippen LogP contribution is -2.38. The first-order chi connectivity index (χ1) is 12.2. The maximum Gasteiger partial charge on any atom is 0.338 e. The molecule has 0 unspecified atom stereocenters. The lowest BCUT2D eigenvalue weighted by molar-refractivity contribution is -0.135. The van der Waals surface area contributed by atoms with Gasteiger partial charge in [-0.25, -0.2) is 18.4 Å². The van der Waals surface area contributed by atoms with Crippen molar-refractivity contribution in [2.75, 3.05) is 6.61 Å². The molecule has 0 radical (unpaired) electrons. The number of nitrogens with one attached hydrogen (secondary N) is 1. The number of primary sulfonamides is 1. The molecule has 0 aliphatic heterocycles. The third-order valence-corrected chi connectivity index (χ3v) is 5.24. The number of carbonyl (C=O) groups excluding carboxylic acids is 3. The number of nitrogens with two attached hydrogens (primary N) is 1. The van der Waals surface area contributed by atoms with Gasteiger partial charge >= 0.3 is 5.97 Å². The van der Waals surface area contributed by atoms with E-state index in [0.717, 1.165) is 38.2 Å². The molecule has 26 heavy (non-hydrogen) atoms. The smallest absolute Gasteiger partial charge is 0.338 e. The van der Waals surface area contributed by atoms with Crippen LogP contribution in [-0.4, -0.2) is 32.8 Å². The molecule has 0 saturated heterocycles. The summed E-state index contributed by atoms with van der Waals surface area (Å²) in [4.78, 5) is 35.7. The molecular weight excluding hydrogens is 360 g/mol. The Balaban J connectivity index is 1.93. The molecule has 9 heteroatoms. The van der Waals surface area contributed by atoms with Crippen LogP contribution in [0.1, 0.15) is 48.0 Å². The number of hydrogen-bond donors (Lipinski definition) is 2. The van der Waals surface area contributed by atoms with Crippen LogP contribution in [0.5, 0.6) is 0 Å². The second-order valence-electron chi connectivity index (χ2n) is 6.35. The molecule has 1 saturated carbocycles. The van der Waals surface area contributed by atoms with E-state index in [2.05, 4.69) is 5.32 Å². The lowest BCUT2D eigenvalue weighted by atomic mass is 9.89. The number of hydrogen-bond acceptors (Lipinski definition) is 6. The Morgan fingerprint density at radius 1 is 1.19 bits per heavy atom. The number of amides is 2. The molecule has 1 fully saturated rings. The van der Waals surface area contributed by atoms with Crippen molar-refractivity contribution in [3.05, 3.63) is 29.3 Å². The molecule has 1 aromatic rings. The molecular formula is C17H22N2O6S. The van der Waals surface area contributed by atoms with Gasteiger partial charge in [0.05, 0.1) is 10.5 Å². The van der Waals surface area contributed by atoms with E-state index in [0.29, 0.717) is 5.56 Å². The summed E-state index contributed by atoms with van der Waals surface area (Å²) < 4.78 is 27.6. The molecule has 0 aromatic heterocycles. The van der Waals surface area contributed by atoms with E-state index in [4.69, 9.17) is 9.88 Å². The molecule has 2 rings (SSSR count). The molecule has 1 aliphatic rings. The van der Waals surface area contributed by atoms with E-state index in [1.807, 2.05) is 0 Å². The summed E-state index contributed by atoms with van der Waals surface area (Å²) in [5, 5.41) is 7.28. The van der Waals surface area contributed by atoms with Gasteiger partial charge in [0.15, 0.2) is 6.61 Å². The quantitative estimate of drug-likeness (QED) is 0.731. The second-order valence-corrected chi connectivity index (χ2v) is 7.91. The van der Waals surface area contributed by atoms with Crippen molar-refractivity contribution >= 4 is 27.8 Å². The number of rotatable bonds is 5. The van der Waals surface area contributed by atoms with Gasteiger partial charge in [-0.2, -0.15) is 0 Å². The third-order valence-electron chi connectivity index (χ3n) is 4.33. The Labute approximate surface area is 152 Å². The Bertz CT molecular complexity index is 813. The summed E-state index contributed by atoms with van der Waals surface area (Å²) in [6, 6.07) is 3.79. The zero-order chi connectivity index (χ0) is 19.3. The highest BCUT2D eigenvalue weighted by atomic mass is 32.2. The SMILES string of the molecule is Cc1ccc(S(N)(=O)=O)cc1C(=O)OCC(=O)NC(=O)C1CCCCC1. The van der Waals surface area contributed by atoms with Gasteiger partial charge in [0.25, 0.3) is 5.91 Å². The van der Waals surface area contributed by atoms with Gasteiger partial charge in [-0.15, -0.1) is 0 Å². The van der Waals surface area contributed by atoms with Crippen molar-refractivity contribution in [1.29, 1.82) is 0 Å². The predicted octanol–water partition coefficient (Wildman–Crippen LogP) is 1.02. The summed E-state index contributed by atoms with van der Waals surface area (Å²) in [5.41, 5.74) is 0.462. The summed E-state index contributed by atoms with van der Waals surface area (Å²) in [7, 11) is -3.97. The highest BCUT2D eigenvalue weighted by molar-refractivity contribution is 7.89. The van der Waals surface area contributed by atoms with Gasteiger partial charge < -0.3 is 4.74 Å². The molecule has 1 aromatic carbocycles. The van der Waals surface area contributed by atoms with E-state index < -0.39 is 28.5 Å². The van der Waals surface area contributed by atoms with Crippen LogP contribution in [0.3, 0.4) is 0 Å². The van der Waals surface area contributed by atoms with Crippen LogP contribution in [0.4, 0.5) is 0 Å². The maximum absolute atomic E-state index is 12.1. The highest BCUT2D eigenvalue weighted by Gasteiger charge is 2.23. The van der Waals surface area contributed by atoms with Crippen LogP contribution in [-0.2, 0) is 24.3 Å². The van der Waals surface area contributed by atoms with Crippen molar-refractivity contribution in [3.63, 3.8) is 0 Å². The average Bonchev–Trinajstić information content (AvgIpc) is 2.59. The number of imide groups is 1. The Hall–Kier alpha value is -2.26. The normalized spacial score (nSPS) is 15.3. The number of carbonyl (C=O) groups is 3. The highest BCUT2D eigenvalue weighted by Crippen LogP contribution is 2.23. The molecule has 1 aliphatic carbocycles. The van der Waals surface area contributed by atoms with E-state index in [1.165, 1.54) is 12.1 Å². The van der Waals surface area contributed by atoms with Crippen molar-refractivity contribution < 1.29 is 27.5 Å². The number of ether oxygens (including phenoxy) is 1. The second kappa shape index (κ2) is 8.41. The Morgan fingerprint density at radius 3 is 2.46 bits per heavy atom. The monoisotopic (exact) mass is 382 g/mol. The largest absolute Gasteiger partial charge is 0.452 e. The van der Waals surface area contributed by atoms with Crippen molar-refractivity contribution in [1.82, 2.24) is 5.32 Å². The predicted molar refractivity (Wildman–Crippen MR) is 92.6 cm³/mol. The van der Waals surface area contributed by atoms with Crippen LogP contribution >= 0.6 is 0 Å². The molecule has 3 N–H and O–H groups in total. The first kappa shape index (κ1) is 20.1.